The lowest BCUT2D eigenvalue weighted by atomic mass is 10.2. The van der Waals surface area contributed by atoms with Crippen LogP contribution in [-0.4, -0.2) is 26.4 Å². The third-order valence-corrected chi connectivity index (χ3v) is 2.21. The molecule has 4 nitrogen and oxygen atoms in total. The van der Waals surface area contributed by atoms with Gasteiger partial charge in [-0.25, -0.2) is 0 Å². The number of nitriles is 1. The summed E-state index contributed by atoms with van der Waals surface area (Å²) in [7, 11) is 0. The van der Waals surface area contributed by atoms with Crippen molar-refractivity contribution in [3.63, 3.8) is 0 Å². The minimum atomic E-state index is 0.0793. The lowest BCUT2D eigenvalue weighted by Gasteiger charge is -2.10. The molecule has 0 aliphatic rings. The van der Waals surface area contributed by atoms with Gasteiger partial charge in [0.25, 0.3) is 0 Å². The highest BCUT2D eigenvalue weighted by molar-refractivity contribution is 5.33. The van der Waals surface area contributed by atoms with Gasteiger partial charge in [0.05, 0.1) is 6.61 Å². The second kappa shape index (κ2) is 8.57. The van der Waals surface area contributed by atoms with E-state index in [9.17, 15) is 0 Å². The summed E-state index contributed by atoms with van der Waals surface area (Å²) in [6, 6.07) is 9.68. The summed E-state index contributed by atoms with van der Waals surface area (Å²) in [6.07, 6.45) is 0. The Bertz CT molecular complexity index is 361. The Labute approximate surface area is 102 Å². The van der Waals surface area contributed by atoms with Crippen molar-refractivity contribution in [2.75, 3.05) is 26.4 Å². The maximum absolute atomic E-state index is 8.48. The fourth-order valence-corrected chi connectivity index (χ4v) is 1.41. The van der Waals surface area contributed by atoms with Crippen LogP contribution in [-0.2, 0) is 11.3 Å². The molecule has 0 saturated heterocycles. The average molecular weight is 234 g/mol. The predicted octanol–water partition coefficient (Wildman–Crippen LogP) is 1.72. The van der Waals surface area contributed by atoms with Crippen molar-refractivity contribution in [1.29, 1.82) is 5.26 Å². The van der Waals surface area contributed by atoms with Crippen LogP contribution in [0.5, 0.6) is 5.75 Å². The molecule has 1 N–H and O–H groups in total. The summed E-state index contributed by atoms with van der Waals surface area (Å²) in [6.45, 7) is 5.03. The first-order valence-electron chi connectivity index (χ1n) is 5.74. The SMILES string of the molecule is CCOCCNCc1ccccc1OCC#N. The van der Waals surface area contributed by atoms with Crippen LogP contribution in [0.1, 0.15) is 12.5 Å². The summed E-state index contributed by atoms with van der Waals surface area (Å²) < 4.78 is 10.6. The molecule has 0 aromatic heterocycles. The van der Waals surface area contributed by atoms with Gasteiger partial charge in [0.1, 0.15) is 11.8 Å². The van der Waals surface area contributed by atoms with E-state index in [0.29, 0.717) is 13.2 Å². The van der Waals surface area contributed by atoms with Crippen LogP contribution in [0.3, 0.4) is 0 Å². The molecule has 92 valence electrons. The molecule has 17 heavy (non-hydrogen) atoms. The Morgan fingerprint density at radius 3 is 2.94 bits per heavy atom. The monoisotopic (exact) mass is 234 g/mol. The van der Waals surface area contributed by atoms with E-state index < -0.39 is 0 Å². The third kappa shape index (κ3) is 5.34. The van der Waals surface area contributed by atoms with E-state index in [1.807, 2.05) is 37.3 Å². The maximum Gasteiger partial charge on any atom is 0.174 e. The molecule has 0 aliphatic carbocycles. The second-order valence-corrected chi connectivity index (χ2v) is 3.43. The summed E-state index contributed by atoms with van der Waals surface area (Å²) in [5.74, 6) is 0.762. The van der Waals surface area contributed by atoms with E-state index in [1.165, 1.54) is 0 Å². The molecule has 0 radical (unpaired) electrons. The molecule has 0 spiro atoms. The van der Waals surface area contributed by atoms with Crippen molar-refractivity contribution in [3.05, 3.63) is 29.8 Å². The van der Waals surface area contributed by atoms with Gasteiger partial charge >= 0.3 is 0 Å². The number of nitrogens with one attached hydrogen (secondary N) is 1. The average Bonchev–Trinajstić information content (AvgIpc) is 2.37. The Hall–Kier alpha value is -1.57. The first-order chi connectivity index (χ1) is 8.38. The van der Waals surface area contributed by atoms with Crippen molar-refractivity contribution in [2.24, 2.45) is 0 Å². The molecule has 0 bridgehead atoms. The highest BCUT2D eigenvalue weighted by Gasteiger charge is 2.01. The van der Waals surface area contributed by atoms with Crippen molar-refractivity contribution in [2.45, 2.75) is 13.5 Å². The standard InChI is InChI=1S/C13H18N2O2/c1-2-16-10-8-15-11-12-5-3-4-6-13(12)17-9-7-14/h3-6,15H,2,8-11H2,1H3. The van der Waals surface area contributed by atoms with E-state index in [1.54, 1.807) is 0 Å². The highest BCUT2D eigenvalue weighted by atomic mass is 16.5. The smallest absolute Gasteiger partial charge is 0.174 e. The van der Waals surface area contributed by atoms with Crippen molar-refractivity contribution in [3.8, 4) is 11.8 Å². The summed E-state index contributed by atoms with van der Waals surface area (Å²) >= 11 is 0. The zero-order valence-electron chi connectivity index (χ0n) is 10.1. The van der Waals surface area contributed by atoms with E-state index in [4.69, 9.17) is 14.7 Å². The van der Waals surface area contributed by atoms with Crippen molar-refractivity contribution in [1.82, 2.24) is 5.32 Å². The highest BCUT2D eigenvalue weighted by Crippen LogP contribution is 2.17. The molecule has 1 rings (SSSR count). The first-order valence-corrected chi connectivity index (χ1v) is 5.74. The zero-order valence-corrected chi connectivity index (χ0v) is 10.1. The largest absolute Gasteiger partial charge is 0.478 e. The van der Waals surface area contributed by atoms with Crippen LogP contribution in [0.15, 0.2) is 24.3 Å². The molecule has 0 heterocycles. The number of rotatable bonds is 8. The molecule has 0 atom stereocenters. The fraction of sp³-hybridized carbons (Fsp3) is 0.462. The molecule has 4 heteroatoms. The van der Waals surface area contributed by atoms with Crippen LogP contribution in [0.4, 0.5) is 0 Å². The third-order valence-electron chi connectivity index (χ3n) is 2.21. The van der Waals surface area contributed by atoms with Gasteiger partial charge in [0.2, 0.25) is 0 Å². The van der Waals surface area contributed by atoms with Crippen LogP contribution in [0.2, 0.25) is 0 Å². The Balaban J connectivity index is 2.38. The van der Waals surface area contributed by atoms with Crippen molar-refractivity contribution < 1.29 is 9.47 Å². The second-order valence-electron chi connectivity index (χ2n) is 3.43. The molecule has 1 aromatic carbocycles. The topological polar surface area (TPSA) is 54.3 Å². The number of para-hydroxylation sites is 1. The van der Waals surface area contributed by atoms with Gasteiger partial charge in [-0.1, -0.05) is 18.2 Å². The maximum atomic E-state index is 8.48. The van der Waals surface area contributed by atoms with Gasteiger partial charge in [-0.05, 0) is 13.0 Å². The number of benzene rings is 1. The van der Waals surface area contributed by atoms with Crippen LogP contribution >= 0.6 is 0 Å². The minimum absolute atomic E-state index is 0.0793. The number of ether oxygens (including phenoxy) is 2. The molecule has 0 saturated carbocycles. The first kappa shape index (κ1) is 13.5. The lowest BCUT2D eigenvalue weighted by Crippen LogP contribution is -2.19. The molecule has 0 amide bonds. The van der Waals surface area contributed by atoms with Crippen LogP contribution in [0.25, 0.3) is 0 Å². The number of nitrogens with zero attached hydrogens (tertiary/aromatic N) is 1. The van der Waals surface area contributed by atoms with Gasteiger partial charge in [-0.2, -0.15) is 5.26 Å². The predicted molar refractivity (Wildman–Crippen MR) is 65.7 cm³/mol. The Morgan fingerprint density at radius 1 is 1.35 bits per heavy atom. The molecule has 1 aromatic rings. The Kier molecular flexibility index (Phi) is 6.80. The van der Waals surface area contributed by atoms with Gasteiger partial charge in [0, 0.05) is 25.3 Å². The summed E-state index contributed by atoms with van der Waals surface area (Å²) in [5, 5.41) is 11.7. The molecule has 0 fully saturated rings. The van der Waals surface area contributed by atoms with E-state index in [-0.39, 0.29) is 6.61 Å². The van der Waals surface area contributed by atoms with Gasteiger partial charge in [0.15, 0.2) is 6.61 Å². The van der Waals surface area contributed by atoms with Gasteiger partial charge in [-0.3, -0.25) is 0 Å². The van der Waals surface area contributed by atoms with Gasteiger partial charge < -0.3 is 14.8 Å². The lowest BCUT2D eigenvalue weighted by molar-refractivity contribution is 0.149. The number of hydrogen-bond acceptors (Lipinski definition) is 4. The molecular formula is C13H18N2O2. The van der Waals surface area contributed by atoms with E-state index in [0.717, 1.165) is 24.5 Å². The summed E-state index contributed by atoms with van der Waals surface area (Å²) in [4.78, 5) is 0. The zero-order chi connectivity index (χ0) is 12.3. The minimum Gasteiger partial charge on any atom is -0.478 e. The molecule has 0 aliphatic heterocycles. The molecular weight excluding hydrogens is 216 g/mol. The quantitative estimate of drug-likeness (QED) is 0.696. The number of hydrogen-bond donors (Lipinski definition) is 1. The Morgan fingerprint density at radius 2 is 2.18 bits per heavy atom. The van der Waals surface area contributed by atoms with Crippen molar-refractivity contribution >= 4 is 0 Å². The summed E-state index contributed by atoms with van der Waals surface area (Å²) in [5.41, 5.74) is 1.05. The fourth-order valence-electron chi connectivity index (χ4n) is 1.41. The van der Waals surface area contributed by atoms with Crippen LogP contribution in [0, 0.1) is 11.3 Å². The van der Waals surface area contributed by atoms with Crippen LogP contribution < -0.4 is 10.1 Å². The molecule has 0 unspecified atom stereocenters. The van der Waals surface area contributed by atoms with Gasteiger partial charge in [-0.15, -0.1) is 0 Å². The van der Waals surface area contributed by atoms with E-state index in [2.05, 4.69) is 5.32 Å². The van der Waals surface area contributed by atoms with E-state index >= 15 is 0 Å². The normalized spacial score (nSPS) is 9.88.